The third-order valence-electron chi connectivity index (χ3n) is 5.43. The topological polar surface area (TPSA) is 87.7 Å². The van der Waals surface area contributed by atoms with Crippen LogP contribution in [0.2, 0.25) is 0 Å². The molecule has 0 aliphatic carbocycles. The maximum absolute atomic E-state index is 13.9. The molecule has 2 atom stereocenters. The summed E-state index contributed by atoms with van der Waals surface area (Å²) in [6.45, 7) is 12.0. The van der Waals surface area contributed by atoms with Gasteiger partial charge in [-0.1, -0.05) is 81.4 Å². The summed E-state index contributed by atoms with van der Waals surface area (Å²) in [6.07, 6.45) is 0.426. The Morgan fingerprint density at radius 2 is 1.53 bits per heavy atom. The molecular formula is C29H41N3O4. The van der Waals surface area contributed by atoms with Crippen molar-refractivity contribution in [2.75, 3.05) is 6.54 Å². The first-order valence-electron chi connectivity index (χ1n) is 12.7. The summed E-state index contributed by atoms with van der Waals surface area (Å²) in [5.41, 5.74) is 0.989. The van der Waals surface area contributed by atoms with Crippen molar-refractivity contribution in [3.8, 4) is 0 Å². The first kappa shape index (κ1) is 28.9. The minimum atomic E-state index is -0.836. The normalized spacial score (nSPS) is 13.0. The molecule has 7 nitrogen and oxygen atoms in total. The molecule has 2 unspecified atom stereocenters. The van der Waals surface area contributed by atoms with E-state index in [1.165, 1.54) is 0 Å². The van der Waals surface area contributed by atoms with Crippen LogP contribution in [0.3, 0.4) is 0 Å². The Morgan fingerprint density at radius 3 is 2.06 bits per heavy atom. The highest BCUT2D eigenvalue weighted by molar-refractivity contribution is 5.92. The molecule has 0 saturated carbocycles. The first-order chi connectivity index (χ1) is 17.0. The molecule has 0 heterocycles. The monoisotopic (exact) mass is 495 g/mol. The summed E-state index contributed by atoms with van der Waals surface area (Å²) in [7, 11) is 0. The van der Waals surface area contributed by atoms with Gasteiger partial charge in [-0.15, -0.1) is 0 Å². The Balaban J connectivity index is 2.37. The molecule has 0 aliphatic rings. The van der Waals surface area contributed by atoms with Crippen LogP contribution in [0.5, 0.6) is 0 Å². The largest absolute Gasteiger partial charge is 0.444 e. The van der Waals surface area contributed by atoms with Gasteiger partial charge in [0.1, 0.15) is 17.7 Å². The fourth-order valence-electron chi connectivity index (χ4n) is 3.94. The zero-order valence-corrected chi connectivity index (χ0v) is 22.4. The summed E-state index contributed by atoms with van der Waals surface area (Å²) in [6, 6.07) is 17.3. The molecule has 0 spiro atoms. The predicted octanol–water partition coefficient (Wildman–Crippen LogP) is 5.22. The van der Waals surface area contributed by atoms with Gasteiger partial charge in [0, 0.05) is 13.1 Å². The molecule has 36 heavy (non-hydrogen) atoms. The Morgan fingerprint density at radius 1 is 0.944 bits per heavy atom. The van der Waals surface area contributed by atoms with E-state index in [-0.39, 0.29) is 17.7 Å². The predicted molar refractivity (Wildman–Crippen MR) is 142 cm³/mol. The molecule has 0 radical (unpaired) electrons. The lowest BCUT2D eigenvalue weighted by Gasteiger charge is -2.34. The van der Waals surface area contributed by atoms with Gasteiger partial charge in [0.2, 0.25) is 11.8 Å². The minimum absolute atomic E-state index is 0.138. The van der Waals surface area contributed by atoms with Crippen molar-refractivity contribution in [1.29, 1.82) is 0 Å². The third-order valence-corrected chi connectivity index (χ3v) is 5.43. The van der Waals surface area contributed by atoms with E-state index in [4.69, 9.17) is 4.74 Å². The van der Waals surface area contributed by atoms with Crippen LogP contribution in [0.25, 0.3) is 0 Å². The summed E-state index contributed by atoms with van der Waals surface area (Å²) in [5.74, 6) is -0.438. The molecular weight excluding hydrogens is 454 g/mol. The molecule has 196 valence electrons. The molecule has 0 aromatic heterocycles. The summed E-state index contributed by atoms with van der Waals surface area (Å²) >= 11 is 0. The Labute approximate surface area is 215 Å². The van der Waals surface area contributed by atoms with E-state index in [1.807, 2.05) is 81.4 Å². The van der Waals surface area contributed by atoms with E-state index in [1.54, 1.807) is 25.7 Å². The SMILES string of the molecule is CCCN(C(=O)C(CC(C)C)NC(=O)OC(C)(C)C)C(C(=O)NCc1ccccc1)c1ccccc1. The number of hydrogen-bond donors (Lipinski definition) is 2. The fraction of sp³-hybridized carbons (Fsp3) is 0.483. The maximum Gasteiger partial charge on any atom is 0.408 e. The molecule has 0 fully saturated rings. The molecule has 2 aromatic rings. The molecule has 2 aromatic carbocycles. The highest BCUT2D eigenvalue weighted by Crippen LogP contribution is 2.24. The number of benzene rings is 2. The number of nitrogens with one attached hydrogen (secondary N) is 2. The summed E-state index contributed by atoms with van der Waals surface area (Å²) in [5, 5.41) is 5.76. The molecule has 2 N–H and O–H groups in total. The zero-order valence-electron chi connectivity index (χ0n) is 22.4. The lowest BCUT2D eigenvalue weighted by Crippen LogP contribution is -2.53. The van der Waals surface area contributed by atoms with Crippen molar-refractivity contribution in [3.05, 3.63) is 71.8 Å². The average molecular weight is 496 g/mol. The third kappa shape index (κ3) is 9.36. The number of rotatable bonds is 11. The maximum atomic E-state index is 13.9. The lowest BCUT2D eigenvalue weighted by atomic mass is 9.99. The van der Waals surface area contributed by atoms with Crippen molar-refractivity contribution in [3.63, 3.8) is 0 Å². The zero-order chi connectivity index (χ0) is 26.7. The molecule has 7 heteroatoms. The van der Waals surface area contributed by atoms with Crippen LogP contribution in [0, 0.1) is 5.92 Å². The highest BCUT2D eigenvalue weighted by atomic mass is 16.6. The van der Waals surface area contributed by atoms with Gasteiger partial charge in [-0.2, -0.15) is 0 Å². The molecule has 0 aliphatic heterocycles. The first-order valence-corrected chi connectivity index (χ1v) is 12.7. The van der Waals surface area contributed by atoms with E-state index in [0.29, 0.717) is 31.5 Å². The van der Waals surface area contributed by atoms with Crippen molar-refractivity contribution >= 4 is 17.9 Å². The van der Waals surface area contributed by atoms with Crippen molar-refractivity contribution in [2.45, 2.75) is 78.6 Å². The number of carbonyl (C=O) groups excluding carboxylic acids is 3. The Hall–Kier alpha value is -3.35. The van der Waals surface area contributed by atoms with Gasteiger partial charge in [-0.25, -0.2) is 4.79 Å². The van der Waals surface area contributed by atoms with Crippen LogP contribution >= 0.6 is 0 Å². The van der Waals surface area contributed by atoms with Gasteiger partial charge in [0.15, 0.2) is 0 Å². The number of carbonyl (C=O) groups is 3. The molecule has 3 amide bonds. The van der Waals surface area contributed by atoms with E-state index < -0.39 is 23.8 Å². The van der Waals surface area contributed by atoms with E-state index in [0.717, 1.165) is 5.56 Å². The number of nitrogens with zero attached hydrogens (tertiary/aromatic N) is 1. The van der Waals surface area contributed by atoms with Crippen LogP contribution in [-0.4, -0.2) is 41.0 Å². The number of hydrogen-bond acceptors (Lipinski definition) is 4. The van der Waals surface area contributed by atoms with Gasteiger partial charge < -0.3 is 20.3 Å². The molecule has 0 bridgehead atoms. The van der Waals surface area contributed by atoms with Crippen LogP contribution in [0.4, 0.5) is 4.79 Å². The van der Waals surface area contributed by atoms with E-state index >= 15 is 0 Å². The standard InChI is InChI=1S/C29H41N3O4/c1-7-18-32(27(34)24(19-21(2)3)31-28(35)36-29(4,5)6)25(23-16-12-9-13-17-23)26(33)30-20-22-14-10-8-11-15-22/h8-17,21,24-25H,7,18-20H2,1-6H3,(H,30,33)(H,31,35). The lowest BCUT2D eigenvalue weighted by molar-refractivity contribution is -0.142. The van der Waals surface area contributed by atoms with Gasteiger partial charge in [-0.05, 0) is 50.7 Å². The summed E-state index contributed by atoms with van der Waals surface area (Å²) < 4.78 is 5.42. The average Bonchev–Trinajstić information content (AvgIpc) is 2.81. The minimum Gasteiger partial charge on any atom is -0.444 e. The quantitative estimate of drug-likeness (QED) is 0.447. The van der Waals surface area contributed by atoms with Gasteiger partial charge in [0.05, 0.1) is 0 Å². The Bertz CT molecular complexity index is 971. The molecule has 0 saturated heterocycles. The van der Waals surface area contributed by atoms with Gasteiger partial charge in [0.25, 0.3) is 0 Å². The second kappa shape index (κ2) is 13.7. The smallest absolute Gasteiger partial charge is 0.408 e. The van der Waals surface area contributed by atoms with Crippen LogP contribution in [-0.2, 0) is 20.9 Å². The van der Waals surface area contributed by atoms with Crippen LogP contribution < -0.4 is 10.6 Å². The second-order valence-corrected chi connectivity index (χ2v) is 10.4. The number of amides is 3. The van der Waals surface area contributed by atoms with E-state index in [9.17, 15) is 14.4 Å². The molecule has 2 rings (SSSR count). The van der Waals surface area contributed by atoms with Gasteiger partial charge >= 0.3 is 6.09 Å². The van der Waals surface area contributed by atoms with Gasteiger partial charge in [-0.3, -0.25) is 9.59 Å². The number of ether oxygens (including phenoxy) is 1. The van der Waals surface area contributed by atoms with Crippen molar-refractivity contribution in [1.82, 2.24) is 15.5 Å². The second-order valence-electron chi connectivity index (χ2n) is 10.4. The number of alkyl carbamates (subject to hydrolysis) is 1. The van der Waals surface area contributed by atoms with Crippen molar-refractivity contribution in [2.24, 2.45) is 5.92 Å². The highest BCUT2D eigenvalue weighted by Gasteiger charge is 2.36. The Kier molecular flexibility index (Phi) is 11.0. The van der Waals surface area contributed by atoms with E-state index in [2.05, 4.69) is 10.6 Å². The van der Waals surface area contributed by atoms with Crippen molar-refractivity contribution < 1.29 is 19.1 Å². The van der Waals surface area contributed by atoms with Crippen LogP contribution in [0.1, 0.15) is 71.6 Å². The van der Waals surface area contributed by atoms with Crippen LogP contribution in [0.15, 0.2) is 60.7 Å². The fourth-order valence-corrected chi connectivity index (χ4v) is 3.94. The summed E-state index contributed by atoms with van der Waals surface area (Å²) in [4.78, 5) is 41.7.